The molecule has 0 saturated carbocycles. The van der Waals surface area contributed by atoms with E-state index in [-0.39, 0.29) is 5.56 Å². The van der Waals surface area contributed by atoms with Crippen LogP contribution in [-0.2, 0) is 6.54 Å². The van der Waals surface area contributed by atoms with Gasteiger partial charge in [-0.25, -0.2) is 15.0 Å². The van der Waals surface area contributed by atoms with Crippen molar-refractivity contribution < 1.29 is 4.79 Å². The molecule has 0 radical (unpaired) electrons. The van der Waals surface area contributed by atoms with Crippen LogP contribution in [0.15, 0.2) is 36.5 Å². The van der Waals surface area contributed by atoms with E-state index < -0.39 is 5.91 Å². The van der Waals surface area contributed by atoms with Crippen molar-refractivity contribution in [3.8, 4) is 0 Å². The number of halogens is 2. The zero-order chi connectivity index (χ0) is 21.0. The number of nitrogens with one attached hydrogen (secondary N) is 3. The van der Waals surface area contributed by atoms with Crippen molar-refractivity contribution >= 4 is 46.4 Å². The molecule has 0 aliphatic heterocycles. The Morgan fingerprint density at radius 3 is 2.41 bits per heavy atom. The molecule has 0 fully saturated rings. The molecule has 0 aliphatic carbocycles. The number of aromatic nitrogens is 3. The second-order valence-electron chi connectivity index (χ2n) is 6.42. The van der Waals surface area contributed by atoms with Crippen LogP contribution in [0.5, 0.6) is 0 Å². The number of pyridine rings is 1. The predicted molar refractivity (Wildman–Crippen MR) is 116 cm³/mol. The van der Waals surface area contributed by atoms with Crippen LogP contribution in [-0.4, -0.2) is 27.9 Å². The highest BCUT2D eigenvalue weighted by Crippen LogP contribution is 2.28. The zero-order valence-corrected chi connectivity index (χ0v) is 17.7. The minimum atomic E-state index is -0.401. The van der Waals surface area contributed by atoms with Crippen molar-refractivity contribution in [1.29, 1.82) is 0 Å². The van der Waals surface area contributed by atoms with Gasteiger partial charge in [0.2, 0.25) is 0 Å². The van der Waals surface area contributed by atoms with Crippen LogP contribution in [0.4, 0.5) is 17.3 Å². The molecule has 0 saturated heterocycles. The van der Waals surface area contributed by atoms with E-state index in [1.807, 2.05) is 27.0 Å². The normalized spacial score (nSPS) is 10.7. The SMILES string of the molecule is CNCc1cc(Cl)c(C(=O)Nc2ccnc(Nc3cc(C)nc(C)n3)c2)c(Cl)c1. The number of hydrogen-bond donors (Lipinski definition) is 3. The Morgan fingerprint density at radius 2 is 1.76 bits per heavy atom. The van der Waals surface area contributed by atoms with Crippen molar-refractivity contribution in [2.24, 2.45) is 0 Å². The molecule has 2 heterocycles. The fourth-order valence-electron chi connectivity index (χ4n) is 2.83. The summed E-state index contributed by atoms with van der Waals surface area (Å²) in [5, 5.41) is 9.52. The molecule has 29 heavy (non-hydrogen) atoms. The fourth-order valence-corrected chi connectivity index (χ4v) is 3.54. The average Bonchev–Trinajstić information content (AvgIpc) is 2.60. The molecular formula is C20H20Cl2N6O. The molecule has 9 heteroatoms. The van der Waals surface area contributed by atoms with Crippen molar-refractivity contribution in [3.63, 3.8) is 0 Å². The minimum absolute atomic E-state index is 0.224. The molecule has 0 aliphatic rings. The largest absolute Gasteiger partial charge is 0.325 e. The number of carbonyl (C=O) groups is 1. The van der Waals surface area contributed by atoms with Gasteiger partial charge in [0, 0.05) is 36.3 Å². The second kappa shape index (κ2) is 9.17. The molecule has 7 nitrogen and oxygen atoms in total. The maximum atomic E-state index is 12.7. The lowest BCUT2D eigenvalue weighted by molar-refractivity contribution is 0.102. The number of benzene rings is 1. The highest BCUT2D eigenvalue weighted by atomic mass is 35.5. The molecule has 0 spiro atoms. The van der Waals surface area contributed by atoms with Gasteiger partial charge in [0.25, 0.3) is 5.91 Å². The van der Waals surface area contributed by atoms with Crippen molar-refractivity contribution in [1.82, 2.24) is 20.3 Å². The summed E-state index contributed by atoms with van der Waals surface area (Å²) >= 11 is 12.6. The zero-order valence-electron chi connectivity index (χ0n) is 16.2. The third-order valence-electron chi connectivity index (χ3n) is 3.95. The van der Waals surface area contributed by atoms with Crippen LogP contribution < -0.4 is 16.0 Å². The summed E-state index contributed by atoms with van der Waals surface area (Å²) in [7, 11) is 1.82. The molecule has 3 N–H and O–H groups in total. The number of amides is 1. The molecule has 0 bridgehead atoms. The first-order valence-electron chi connectivity index (χ1n) is 8.85. The van der Waals surface area contributed by atoms with Gasteiger partial charge in [-0.2, -0.15) is 0 Å². The van der Waals surface area contributed by atoms with Gasteiger partial charge in [-0.3, -0.25) is 4.79 Å². The Morgan fingerprint density at radius 1 is 1.03 bits per heavy atom. The summed E-state index contributed by atoms with van der Waals surface area (Å²) in [6, 6.07) is 8.63. The maximum absolute atomic E-state index is 12.7. The van der Waals surface area contributed by atoms with E-state index in [1.54, 1.807) is 30.5 Å². The Kier molecular flexibility index (Phi) is 6.64. The molecule has 150 valence electrons. The lowest BCUT2D eigenvalue weighted by Gasteiger charge is -2.12. The Hall–Kier alpha value is -2.74. The Bertz CT molecular complexity index is 1010. The summed E-state index contributed by atoms with van der Waals surface area (Å²) in [4.78, 5) is 25.6. The lowest BCUT2D eigenvalue weighted by Crippen LogP contribution is -2.14. The Labute approximate surface area is 178 Å². The van der Waals surface area contributed by atoms with Crippen LogP contribution >= 0.6 is 23.2 Å². The maximum Gasteiger partial charge on any atom is 0.258 e. The monoisotopic (exact) mass is 430 g/mol. The third kappa shape index (κ3) is 5.41. The van der Waals surface area contributed by atoms with E-state index in [4.69, 9.17) is 23.2 Å². The van der Waals surface area contributed by atoms with Gasteiger partial charge < -0.3 is 16.0 Å². The highest BCUT2D eigenvalue weighted by Gasteiger charge is 2.16. The molecule has 0 unspecified atom stereocenters. The minimum Gasteiger partial charge on any atom is -0.325 e. The molecule has 1 amide bonds. The molecule has 0 atom stereocenters. The summed E-state index contributed by atoms with van der Waals surface area (Å²) < 4.78 is 0. The second-order valence-corrected chi connectivity index (χ2v) is 7.23. The smallest absolute Gasteiger partial charge is 0.258 e. The average molecular weight is 431 g/mol. The van der Waals surface area contributed by atoms with E-state index in [0.29, 0.717) is 39.7 Å². The van der Waals surface area contributed by atoms with Crippen LogP contribution in [0.25, 0.3) is 0 Å². The molecule has 3 rings (SSSR count). The standard InChI is InChI=1S/C20H20Cl2N6O/c1-11-6-18(26-12(2)25-11)28-17-9-14(4-5-24-17)27-20(29)19-15(21)7-13(10-23-3)8-16(19)22/h4-9,23H,10H2,1-3H3,(H2,24,25,26,27,28,29). The van der Waals surface area contributed by atoms with Gasteiger partial charge in [0.1, 0.15) is 17.5 Å². The molecule has 3 aromatic rings. The summed E-state index contributed by atoms with van der Waals surface area (Å²) in [5.74, 6) is 1.41. The summed E-state index contributed by atoms with van der Waals surface area (Å²) in [5.41, 5.74) is 2.50. The van der Waals surface area contributed by atoms with Crippen molar-refractivity contribution in [3.05, 3.63) is 69.2 Å². The van der Waals surface area contributed by atoms with Gasteiger partial charge in [0.05, 0.1) is 15.6 Å². The first-order chi connectivity index (χ1) is 13.9. The van der Waals surface area contributed by atoms with Gasteiger partial charge in [0.15, 0.2) is 0 Å². The van der Waals surface area contributed by atoms with Gasteiger partial charge in [-0.1, -0.05) is 23.2 Å². The van der Waals surface area contributed by atoms with Crippen molar-refractivity contribution in [2.45, 2.75) is 20.4 Å². The van der Waals surface area contributed by atoms with Gasteiger partial charge in [-0.05, 0) is 44.7 Å². The quantitative estimate of drug-likeness (QED) is 0.532. The van der Waals surface area contributed by atoms with Crippen LogP contribution in [0.3, 0.4) is 0 Å². The van der Waals surface area contributed by atoms with Gasteiger partial charge in [-0.15, -0.1) is 0 Å². The van der Waals surface area contributed by atoms with E-state index in [1.165, 1.54) is 0 Å². The van der Waals surface area contributed by atoms with Crippen LogP contribution in [0.2, 0.25) is 10.0 Å². The number of nitrogens with zero attached hydrogens (tertiary/aromatic N) is 3. The van der Waals surface area contributed by atoms with Crippen LogP contribution in [0.1, 0.15) is 27.4 Å². The number of rotatable bonds is 6. The van der Waals surface area contributed by atoms with Crippen LogP contribution in [0, 0.1) is 13.8 Å². The summed E-state index contributed by atoms with van der Waals surface area (Å²) in [6.07, 6.45) is 1.58. The molecule has 1 aromatic carbocycles. The molecular weight excluding hydrogens is 411 g/mol. The highest BCUT2D eigenvalue weighted by molar-refractivity contribution is 6.40. The Balaban J connectivity index is 1.79. The van der Waals surface area contributed by atoms with E-state index in [0.717, 1.165) is 11.3 Å². The fraction of sp³-hybridized carbons (Fsp3) is 0.200. The van der Waals surface area contributed by atoms with E-state index in [9.17, 15) is 4.79 Å². The first kappa shape index (κ1) is 21.0. The van der Waals surface area contributed by atoms with Gasteiger partial charge >= 0.3 is 0 Å². The predicted octanol–water partition coefficient (Wildman–Crippen LogP) is 4.51. The summed E-state index contributed by atoms with van der Waals surface area (Å²) in [6.45, 7) is 4.31. The number of anilines is 3. The van der Waals surface area contributed by atoms with E-state index in [2.05, 4.69) is 30.9 Å². The molecule has 2 aromatic heterocycles. The first-order valence-corrected chi connectivity index (χ1v) is 9.60. The number of carbonyl (C=O) groups excluding carboxylic acids is 1. The number of aryl methyl sites for hydroxylation is 2. The number of hydrogen-bond acceptors (Lipinski definition) is 6. The van der Waals surface area contributed by atoms with Crippen molar-refractivity contribution in [2.75, 3.05) is 17.7 Å². The van der Waals surface area contributed by atoms with E-state index >= 15 is 0 Å². The third-order valence-corrected chi connectivity index (χ3v) is 4.55. The lowest BCUT2D eigenvalue weighted by atomic mass is 10.1. The topological polar surface area (TPSA) is 91.8 Å².